The molecule has 53 heavy (non-hydrogen) atoms. The lowest BCUT2D eigenvalue weighted by Crippen LogP contribution is -2.45. The average molecular weight is 746 g/mol. The number of allylic oxidation sites excluding steroid dienone is 3. The van der Waals surface area contributed by atoms with Crippen molar-refractivity contribution in [1.82, 2.24) is 5.32 Å². The van der Waals surface area contributed by atoms with Crippen LogP contribution in [0.15, 0.2) is 24.3 Å². The number of rotatable bonds is 44. The predicted molar refractivity (Wildman–Crippen MR) is 235 cm³/mol. The van der Waals surface area contributed by atoms with Crippen LogP contribution in [0.4, 0.5) is 0 Å². The molecule has 2 unspecified atom stereocenters. The average Bonchev–Trinajstić information content (AvgIpc) is 3.16. The maximum absolute atomic E-state index is 12.4. The number of aliphatic hydroxyl groups is 2. The predicted octanol–water partition coefficient (Wildman–Crippen LogP) is 15.2. The fraction of sp³-hybridized carbons (Fsp3) is 0.898. The number of amides is 1. The Kier molecular flexibility index (Phi) is 44.3. The fourth-order valence-corrected chi connectivity index (χ4v) is 7.49. The van der Waals surface area contributed by atoms with Crippen molar-refractivity contribution in [2.45, 2.75) is 276 Å². The highest BCUT2D eigenvalue weighted by Gasteiger charge is 2.17. The zero-order valence-corrected chi connectivity index (χ0v) is 36.1. The summed E-state index contributed by atoms with van der Waals surface area (Å²) in [6.45, 7) is 4.32. The molecule has 0 rings (SSSR count). The summed E-state index contributed by atoms with van der Waals surface area (Å²) in [4.78, 5) is 12.4. The molecule has 3 N–H and O–H groups in total. The zero-order valence-electron chi connectivity index (χ0n) is 36.1. The van der Waals surface area contributed by atoms with Gasteiger partial charge in [0.25, 0.3) is 0 Å². The van der Waals surface area contributed by atoms with Crippen molar-refractivity contribution in [3.05, 3.63) is 24.3 Å². The molecule has 2 atom stereocenters. The third kappa shape index (κ3) is 41.9. The van der Waals surface area contributed by atoms with Gasteiger partial charge in [-0.1, -0.05) is 250 Å². The van der Waals surface area contributed by atoms with Gasteiger partial charge in [-0.3, -0.25) is 4.79 Å². The van der Waals surface area contributed by atoms with E-state index in [-0.39, 0.29) is 12.5 Å². The van der Waals surface area contributed by atoms with E-state index >= 15 is 0 Å². The van der Waals surface area contributed by atoms with E-state index in [0.717, 1.165) is 32.1 Å². The first-order valence-electron chi connectivity index (χ1n) is 24.1. The Morgan fingerprint density at radius 1 is 0.434 bits per heavy atom. The Morgan fingerprint density at radius 3 is 1.09 bits per heavy atom. The van der Waals surface area contributed by atoms with Crippen molar-refractivity contribution in [1.29, 1.82) is 0 Å². The second kappa shape index (κ2) is 45.3. The van der Waals surface area contributed by atoms with Gasteiger partial charge >= 0.3 is 0 Å². The lowest BCUT2D eigenvalue weighted by molar-refractivity contribution is -0.123. The molecule has 0 aromatic heterocycles. The number of unbranched alkanes of at least 4 members (excludes halogenated alkanes) is 35. The number of carbonyl (C=O) groups excluding carboxylic acids is 1. The van der Waals surface area contributed by atoms with Crippen LogP contribution in [0.3, 0.4) is 0 Å². The highest BCUT2D eigenvalue weighted by atomic mass is 16.3. The summed E-state index contributed by atoms with van der Waals surface area (Å²) in [6.07, 6.45) is 58.8. The van der Waals surface area contributed by atoms with E-state index in [9.17, 15) is 15.0 Å². The quantitative estimate of drug-likeness (QED) is 0.0430. The molecule has 0 saturated heterocycles. The van der Waals surface area contributed by atoms with Crippen molar-refractivity contribution in [3.63, 3.8) is 0 Å². The molecule has 0 spiro atoms. The molecule has 0 aliphatic carbocycles. The van der Waals surface area contributed by atoms with E-state index in [0.29, 0.717) is 6.42 Å². The smallest absolute Gasteiger partial charge is 0.220 e. The van der Waals surface area contributed by atoms with Gasteiger partial charge in [0.2, 0.25) is 5.91 Å². The summed E-state index contributed by atoms with van der Waals surface area (Å²) in [7, 11) is 0. The third-order valence-electron chi connectivity index (χ3n) is 11.2. The van der Waals surface area contributed by atoms with Crippen molar-refractivity contribution < 1.29 is 15.0 Å². The minimum atomic E-state index is -0.858. The van der Waals surface area contributed by atoms with Crippen molar-refractivity contribution in [2.75, 3.05) is 6.61 Å². The van der Waals surface area contributed by atoms with E-state index in [1.165, 1.54) is 212 Å². The summed E-state index contributed by atoms with van der Waals surface area (Å²) in [6, 6.07) is -0.634. The Bertz CT molecular complexity index is 765. The minimum absolute atomic E-state index is 0.0702. The number of aliphatic hydroxyl groups excluding tert-OH is 2. The first-order chi connectivity index (χ1) is 26.2. The van der Waals surface area contributed by atoms with Gasteiger partial charge in [0.15, 0.2) is 0 Å². The Hall–Kier alpha value is -1.13. The molecule has 0 aliphatic heterocycles. The highest BCUT2D eigenvalue weighted by molar-refractivity contribution is 5.76. The number of nitrogens with one attached hydrogen (secondary N) is 1. The summed E-state index contributed by atoms with van der Waals surface area (Å²) in [5.74, 6) is -0.0702. The van der Waals surface area contributed by atoms with Gasteiger partial charge in [0, 0.05) is 6.42 Å². The second-order valence-corrected chi connectivity index (χ2v) is 16.5. The molecule has 0 radical (unpaired) electrons. The lowest BCUT2D eigenvalue weighted by Gasteiger charge is -2.19. The van der Waals surface area contributed by atoms with Crippen LogP contribution in [0.1, 0.15) is 264 Å². The molecule has 0 fully saturated rings. The molecule has 0 aromatic carbocycles. The Labute approximate surface area is 332 Å². The number of hydrogen-bond donors (Lipinski definition) is 3. The molecule has 0 aliphatic rings. The van der Waals surface area contributed by atoms with E-state index in [4.69, 9.17) is 0 Å². The minimum Gasteiger partial charge on any atom is -0.394 e. The van der Waals surface area contributed by atoms with E-state index < -0.39 is 12.1 Å². The van der Waals surface area contributed by atoms with Gasteiger partial charge in [0.05, 0.1) is 18.8 Å². The summed E-state index contributed by atoms with van der Waals surface area (Å²) in [5.41, 5.74) is 0. The van der Waals surface area contributed by atoms with Crippen LogP contribution in [-0.2, 0) is 4.79 Å². The first-order valence-corrected chi connectivity index (χ1v) is 24.1. The van der Waals surface area contributed by atoms with Crippen LogP contribution in [0, 0.1) is 0 Å². The molecule has 314 valence electrons. The zero-order chi connectivity index (χ0) is 38.6. The first kappa shape index (κ1) is 51.9. The molecule has 4 heteroatoms. The molecule has 0 saturated carbocycles. The maximum Gasteiger partial charge on any atom is 0.220 e. The van der Waals surface area contributed by atoms with Gasteiger partial charge in [-0.2, -0.15) is 0 Å². The van der Waals surface area contributed by atoms with E-state index in [1.54, 1.807) is 6.08 Å². The van der Waals surface area contributed by atoms with Crippen LogP contribution < -0.4 is 5.32 Å². The third-order valence-corrected chi connectivity index (χ3v) is 11.2. The van der Waals surface area contributed by atoms with Gasteiger partial charge in [-0.05, 0) is 32.1 Å². The molecule has 0 heterocycles. The van der Waals surface area contributed by atoms with E-state index in [1.807, 2.05) is 6.08 Å². The van der Waals surface area contributed by atoms with Crippen LogP contribution in [0.25, 0.3) is 0 Å². The van der Waals surface area contributed by atoms with Gasteiger partial charge < -0.3 is 15.5 Å². The molecule has 0 aromatic rings. The topological polar surface area (TPSA) is 69.6 Å². The lowest BCUT2D eigenvalue weighted by atomic mass is 10.0. The highest BCUT2D eigenvalue weighted by Crippen LogP contribution is 2.16. The molecule has 4 nitrogen and oxygen atoms in total. The van der Waals surface area contributed by atoms with Crippen molar-refractivity contribution >= 4 is 5.91 Å². The van der Waals surface area contributed by atoms with Crippen molar-refractivity contribution in [2.24, 2.45) is 0 Å². The summed E-state index contributed by atoms with van der Waals surface area (Å²) < 4.78 is 0. The molecular weight excluding hydrogens is 651 g/mol. The summed E-state index contributed by atoms with van der Waals surface area (Å²) >= 11 is 0. The van der Waals surface area contributed by atoms with Gasteiger partial charge in [0.1, 0.15) is 0 Å². The number of hydrogen-bond acceptors (Lipinski definition) is 3. The number of carbonyl (C=O) groups is 1. The largest absolute Gasteiger partial charge is 0.394 e. The molecule has 1 amide bonds. The molecular formula is C49H95NO3. The van der Waals surface area contributed by atoms with Crippen LogP contribution >= 0.6 is 0 Å². The fourth-order valence-electron chi connectivity index (χ4n) is 7.49. The normalized spacial score (nSPS) is 13.1. The van der Waals surface area contributed by atoms with Crippen LogP contribution in [0.2, 0.25) is 0 Å². The second-order valence-electron chi connectivity index (χ2n) is 16.5. The maximum atomic E-state index is 12.4. The Balaban J connectivity index is 3.53. The van der Waals surface area contributed by atoms with Crippen LogP contribution in [0.5, 0.6) is 0 Å². The molecule has 0 bridgehead atoms. The van der Waals surface area contributed by atoms with Gasteiger partial charge in [-0.25, -0.2) is 0 Å². The van der Waals surface area contributed by atoms with Crippen LogP contribution in [-0.4, -0.2) is 34.9 Å². The Morgan fingerprint density at radius 2 is 0.736 bits per heavy atom. The van der Waals surface area contributed by atoms with Crippen molar-refractivity contribution in [3.8, 4) is 0 Å². The van der Waals surface area contributed by atoms with Gasteiger partial charge in [-0.15, -0.1) is 0 Å². The van der Waals surface area contributed by atoms with E-state index in [2.05, 4.69) is 31.3 Å². The monoisotopic (exact) mass is 746 g/mol. The SMILES string of the molecule is CCCCCCCCCCCCCCCCCCCCCC/C=C/CC/C=C/C(O)C(CO)NC(=O)CCCCCCCCCCCCCCCCC. The standard InChI is InChI=1S/C49H95NO3/c1-3-5-7-9-11-13-15-17-19-20-21-22-23-24-25-26-27-28-29-31-32-34-36-38-40-42-44-48(52)47(46-51)50-49(53)45-43-41-39-37-35-33-30-18-16-14-12-10-8-6-4-2/h34,36,42,44,47-48,51-52H,3-33,35,37-41,43,45-46H2,1-2H3,(H,50,53)/b36-34+,44-42+. The summed E-state index contributed by atoms with van der Waals surface area (Å²) in [5, 5.41) is 23.0.